The second kappa shape index (κ2) is 30.8. The lowest BCUT2D eigenvalue weighted by atomic mass is 10.0. The first-order valence-corrected chi connectivity index (χ1v) is 19.6. The first-order valence-electron chi connectivity index (χ1n) is 18.1. The number of ether oxygens (including phenoxy) is 1. The van der Waals surface area contributed by atoms with Crippen LogP contribution in [-0.2, 0) is 32.7 Å². The van der Waals surface area contributed by atoms with Crippen LogP contribution in [0.3, 0.4) is 0 Å². The third-order valence-electron chi connectivity index (χ3n) is 7.90. The van der Waals surface area contributed by atoms with Gasteiger partial charge in [0, 0.05) is 12.8 Å². The topological polar surface area (TPSA) is 169 Å². The number of carbonyl (C=O) groups excluding carboxylic acids is 2. The Balaban J connectivity index is 3.74. The maximum Gasteiger partial charge on any atom is 0.472 e. The van der Waals surface area contributed by atoms with Gasteiger partial charge < -0.3 is 25.2 Å². The molecule has 0 saturated carbocycles. The highest BCUT2D eigenvalue weighted by molar-refractivity contribution is 7.47. The molecule has 0 aromatic carbocycles. The molecule has 46 heavy (non-hydrogen) atoms. The Morgan fingerprint density at radius 1 is 0.609 bits per heavy atom. The normalized spacial score (nSPS) is 14.0. The molecule has 4 N–H and O–H groups in total. The summed E-state index contributed by atoms with van der Waals surface area (Å²) in [5.74, 6) is -2.40. The van der Waals surface area contributed by atoms with E-state index in [1.807, 2.05) is 6.92 Å². The highest BCUT2D eigenvalue weighted by Crippen LogP contribution is 2.43. The highest BCUT2D eigenvalue weighted by Gasteiger charge is 2.28. The lowest BCUT2D eigenvalue weighted by Crippen LogP contribution is -2.43. The van der Waals surface area contributed by atoms with Gasteiger partial charge in [-0.3, -0.25) is 18.6 Å². The van der Waals surface area contributed by atoms with Crippen molar-refractivity contribution in [1.29, 1.82) is 0 Å². The molecule has 0 spiro atoms. The summed E-state index contributed by atoms with van der Waals surface area (Å²) in [4.78, 5) is 44.9. The number of hydrogen-bond donors (Lipinski definition) is 4. The van der Waals surface area contributed by atoms with Crippen LogP contribution < -0.4 is 5.32 Å². The number of aliphatic carboxylic acids is 1. The van der Waals surface area contributed by atoms with E-state index >= 15 is 0 Å². The van der Waals surface area contributed by atoms with Gasteiger partial charge in [0.05, 0.1) is 13.2 Å². The van der Waals surface area contributed by atoms with Crippen molar-refractivity contribution in [3.63, 3.8) is 0 Å². The Bertz CT molecular complexity index is 813. The van der Waals surface area contributed by atoms with E-state index in [9.17, 15) is 34.1 Å². The summed E-state index contributed by atoms with van der Waals surface area (Å²) in [5.41, 5.74) is 0. The number of amides is 1. The number of carbonyl (C=O) groups is 3. The Morgan fingerprint density at radius 2 is 1.00 bits per heavy atom. The molecule has 3 unspecified atom stereocenters. The van der Waals surface area contributed by atoms with Crippen molar-refractivity contribution < 1.29 is 47.8 Å². The third-order valence-corrected chi connectivity index (χ3v) is 8.85. The van der Waals surface area contributed by atoms with Crippen molar-refractivity contribution in [2.24, 2.45) is 0 Å². The summed E-state index contributed by atoms with van der Waals surface area (Å²) in [6.07, 6.45) is 25.5. The summed E-state index contributed by atoms with van der Waals surface area (Å²) in [7, 11) is -4.72. The Hall–Kier alpha value is -1.52. The molecule has 0 aromatic heterocycles. The third kappa shape index (κ3) is 29.9. The number of aliphatic hydroxyl groups is 1. The van der Waals surface area contributed by atoms with Gasteiger partial charge >= 0.3 is 19.8 Å². The van der Waals surface area contributed by atoms with Crippen LogP contribution in [0.4, 0.5) is 0 Å². The molecule has 11 nitrogen and oxygen atoms in total. The fraction of sp³-hybridized carbons (Fsp3) is 0.912. The van der Waals surface area contributed by atoms with Crippen LogP contribution in [0, 0.1) is 0 Å². The molecule has 0 radical (unpaired) electrons. The summed E-state index contributed by atoms with van der Waals surface area (Å²) >= 11 is 0. The molecule has 3 atom stereocenters. The molecule has 0 fully saturated rings. The van der Waals surface area contributed by atoms with Gasteiger partial charge in [-0.1, -0.05) is 142 Å². The van der Waals surface area contributed by atoms with Crippen molar-refractivity contribution in [2.45, 2.75) is 180 Å². The molecule has 0 rings (SSSR count). The van der Waals surface area contributed by atoms with Crippen molar-refractivity contribution in [3.8, 4) is 0 Å². The monoisotopic (exact) mass is 679 g/mol. The molecule has 0 saturated heterocycles. The minimum absolute atomic E-state index is 0.134. The molecule has 0 aliphatic rings. The van der Waals surface area contributed by atoms with Crippen LogP contribution in [0.2, 0.25) is 0 Å². The number of carboxylic acids is 1. The fourth-order valence-corrected chi connectivity index (χ4v) is 5.79. The number of aliphatic hydroxyl groups excluding tert-OH is 1. The van der Waals surface area contributed by atoms with E-state index in [0.29, 0.717) is 12.8 Å². The van der Waals surface area contributed by atoms with E-state index in [-0.39, 0.29) is 12.8 Å². The smallest absolute Gasteiger partial charge is 0.472 e. The van der Waals surface area contributed by atoms with Gasteiger partial charge in [0.25, 0.3) is 0 Å². The van der Waals surface area contributed by atoms with Crippen LogP contribution >= 0.6 is 7.82 Å². The minimum Gasteiger partial charge on any atom is -0.480 e. The fourth-order valence-electron chi connectivity index (χ4n) is 5.02. The van der Waals surface area contributed by atoms with E-state index in [1.165, 1.54) is 96.3 Å². The van der Waals surface area contributed by atoms with Gasteiger partial charge in [0.1, 0.15) is 12.7 Å². The van der Waals surface area contributed by atoms with E-state index in [4.69, 9.17) is 4.74 Å². The Labute approximate surface area is 278 Å². The first kappa shape index (κ1) is 44.5. The SMILES string of the molecule is CCCCCCCCCCCCCCCCCCCCCC(=O)OCC(O)COP(=O)(O)OCC(NC(=O)CCCCC)C(=O)O. The average Bonchev–Trinajstić information content (AvgIpc) is 3.02. The summed E-state index contributed by atoms with van der Waals surface area (Å²) in [6.45, 7) is 2.35. The van der Waals surface area contributed by atoms with Gasteiger partial charge in [-0.05, 0) is 12.8 Å². The van der Waals surface area contributed by atoms with E-state index < -0.39 is 57.6 Å². The standard InChI is InChI=1S/C34H66NO10P/c1-3-5-7-8-9-10-11-12-13-14-15-16-17-18-19-20-21-22-24-26-33(38)43-27-30(36)28-44-46(41,42)45-29-31(34(39)40)35-32(37)25-23-6-4-2/h30-31,36H,3-29H2,1-2H3,(H,35,37)(H,39,40)(H,41,42). The van der Waals surface area contributed by atoms with Crippen LogP contribution in [0.15, 0.2) is 0 Å². The zero-order chi connectivity index (χ0) is 34.3. The molecule has 0 aromatic rings. The lowest BCUT2D eigenvalue weighted by Gasteiger charge is -2.18. The van der Waals surface area contributed by atoms with Crippen molar-refractivity contribution in [3.05, 3.63) is 0 Å². The van der Waals surface area contributed by atoms with Crippen molar-refractivity contribution in [1.82, 2.24) is 5.32 Å². The second-order valence-electron chi connectivity index (χ2n) is 12.4. The van der Waals surface area contributed by atoms with Crippen molar-refractivity contribution >= 4 is 25.7 Å². The Kier molecular flexibility index (Phi) is 29.8. The lowest BCUT2D eigenvalue weighted by molar-refractivity contribution is -0.147. The van der Waals surface area contributed by atoms with Gasteiger partial charge in [0.2, 0.25) is 5.91 Å². The summed E-state index contributed by atoms with van der Waals surface area (Å²) in [5, 5.41) is 21.4. The molecule has 1 amide bonds. The molecule has 0 aliphatic carbocycles. The van der Waals surface area contributed by atoms with Crippen LogP contribution in [0.1, 0.15) is 168 Å². The van der Waals surface area contributed by atoms with Gasteiger partial charge in [-0.25, -0.2) is 9.36 Å². The largest absolute Gasteiger partial charge is 0.480 e. The van der Waals surface area contributed by atoms with Gasteiger partial charge in [-0.15, -0.1) is 0 Å². The maximum absolute atomic E-state index is 12.1. The predicted octanol–water partition coefficient (Wildman–Crippen LogP) is 8.00. The summed E-state index contributed by atoms with van der Waals surface area (Å²) in [6, 6.07) is -1.53. The van der Waals surface area contributed by atoms with E-state index in [1.54, 1.807) is 0 Å². The number of phosphoric ester groups is 1. The average molecular weight is 680 g/mol. The molecule has 272 valence electrons. The number of esters is 1. The zero-order valence-corrected chi connectivity index (χ0v) is 29.8. The van der Waals surface area contributed by atoms with E-state index in [2.05, 4.69) is 21.3 Å². The zero-order valence-electron chi connectivity index (χ0n) is 28.9. The predicted molar refractivity (Wildman–Crippen MR) is 180 cm³/mol. The molecule has 12 heteroatoms. The van der Waals surface area contributed by atoms with Crippen LogP contribution in [0.25, 0.3) is 0 Å². The number of carboxylic acid groups (broad SMARTS) is 1. The molecular weight excluding hydrogens is 613 g/mol. The minimum atomic E-state index is -4.72. The number of nitrogens with one attached hydrogen (secondary N) is 1. The molecule has 0 bridgehead atoms. The van der Waals surface area contributed by atoms with E-state index in [0.717, 1.165) is 32.1 Å². The molecular formula is C34H66NO10P. The highest BCUT2D eigenvalue weighted by atomic mass is 31.2. The van der Waals surface area contributed by atoms with Gasteiger partial charge in [-0.2, -0.15) is 0 Å². The molecule has 0 heterocycles. The number of hydrogen-bond acceptors (Lipinski definition) is 8. The van der Waals surface area contributed by atoms with Crippen LogP contribution in [0.5, 0.6) is 0 Å². The number of phosphoric acid groups is 1. The first-order chi connectivity index (χ1) is 22.1. The van der Waals surface area contributed by atoms with Crippen molar-refractivity contribution in [2.75, 3.05) is 19.8 Å². The maximum atomic E-state index is 12.1. The quantitative estimate of drug-likeness (QED) is 0.0297. The number of rotatable bonds is 34. The van der Waals surface area contributed by atoms with Gasteiger partial charge in [0.15, 0.2) is 6.04 Å². The second-order valence-corrected chi connectivity index (χ2v) is 13.9. The summed E-state index contributed by atoms with van der Waals surface area (Å²) < 4.78 is 26.4. The molecule has 0 aliphatic heterocycles. The van der Waals surface area contributed by atoms with Crippen LogP contribution in [-0.4, -0.2) is 64.9 Å². The number of unbranched alkanes of at least 4 members (excludes halogenated alkanes) is 20. The Morgan fingerprint density at radius 3 is 1.46 bits per heavy atom.